The summed E-state index contributed by atoms with van der Waals surface area (Å²) < 4.78 is 2.00. The molecule has 0 fully saturated rings. The molecule has 0 aliphatic carbocycles. The number of carbonyl (C=O) groups excluding carboxylic acids is 1. The highest BCUT2D eigenvalue weighted by Crippen LogP contribution is 2.26. The van der Waals surface area contributed by atoms with E-state index in [1.807, 2.05) is 41.0 Å². The zero-order valence-electron chi connectivity index (χ0n) is 19.4. The molecule has 1 amide bonds. The van der Waals surface area contributed by atoms with E-state index in [1.54, 1.807) is 0 Å². The van der Waals surface area contributed by atoms with Crippen molar-refractivity contribution in [3.05, 3.63) is 64.9 Å². The van der Waals surface area contributed by atoms with Crippen LogP contribution in [-0.2, 0) is 10.2 Å². The molecule has 2 aromatic carbocycles. The number of anilines is 1. The first kappa shape index (κ1) is 24.3. The Morgan fingerprint density at radius 2 is 1.72 bits per heavy atom. The predicted molar refractivity (Wildman–Crippen MR) is 132 cm³/mol. The summed E-state index contributed by atoms with van der Waals surface area (Å²) in [5.74, 6) is 0.987. The number of nitrogens with one attached hydrogen (secondary N) is 2. The summed E-state index contributed by atoms with van der Waals surface area (Å²) in [7, 11) is 4.16. The fraction of sp³-hybridized carbons (Fsp3) is 0.375. The molecule has 32 heavy (non-hydrogen) atoms. The van der Waals surface area contributed by atoms with E-state index in [0.29, 0.717) is 10.2 Å². The summed E-state index contributed by atoms with van der Waals surface area (Å²) in [4.78, 5) is 13.8. The van der Waals surface area contributed by atoms with Crippen molar-refractivity contribution in [1.29, 1.82) is 0 Å². The second-order valence-electron chi connectivity index (χ2n) is 9.12. The molecule has 0 saturated carbocycles. The van der Waals surface area contributed by atoms with Crippen LogP contribution in [0.3, 0.4) is 0 Å². The molecule has 1 aromatic heterocycles. The minimum atomic E-state index is -0.0861. The number of thioether (sulfide) groups is 1. The molecule has 6 nitrogen and oxygen atoms in total. The van der Waals surface area contributed by atoms with Gasteiger partial charge in [0.25, 0.3) is 0 Å². The number of hydrogen-bond donors (Lipinski definition) is 2. The number of quaternary nitrogens is 1. The van der Waals surface area contributed by atoms with E-state index in [-0.39, 0.29) is 23.1 Å². The number of carbonyl (C=O) groups is 1. The van der Waals surface area contributed by atoms with E-state index in [1.165, 1.54) is 22.2 Å². The summed E-state index contributed by atoms with van der Waals surface area (Å²) in [6, 6.07) is 15.7. The average Bonchev–Trinajstić information content (AvgIpc) is 3.15. The summed E-state index contributed by atoms with van der Waals surface area (Å²) in [5.41, 5.74) is 3.01. The molecule has 3 aromatic rings. The van der Waals surface area contributed by atoms with E-state index in [4.69, 9.17) is 11.6 Å². The van der Waals surface area contributed by atoms with Gasteiger partial charge < -0.3 is 10.2 Å². The first-order valence-electron chi connectivity index (χ1n) is 10.6. The molecule has 0 unspecified atom stereocenters. The molecule has 0 bridgehead atoms. The van der Waals surface area contributed by atoms with Crippen molar-refractivity contribution in [2.45, 2.75) is 44.3 Å². The number of aromatic nitrogens is 3. The van der Waals surface area contributed by atoms with E-state index < -0.39 is 0 Å². The Labute approximate surface area is 199 Å². The largest absolute Gasteiger partial charge is 0.331 e. The Morgan fingerprint density at radius 3 is 2.28 bits per heavy atom. The lowest BCUT2D eigenvalue weighted by atomic mass is 9.87. The molecular weight excluding hydrogens is 442 g/mol. The van der Waals surface area contributed by atoms with Crippen molar-refractivity contribution in [3.8, 4) is 5.69 Å². The van der Waals surface area contributed by atoms with E-state index in [2.05, 4.69) is 69.4 Å². The van der Waals surface area contributed by atoms with Crippen LogP contribution in [0, 0.1) is 0 Å². The van der Waals surface area contributed by atoms with Gasteiger partial charge in [-0.15, -0.1) is 10.2 Å². The zero-order valence-corrected chi connectivity index (χ0v) is 21.0. The third-order valence-corrected chi connectivity index (χ3v) is 6.54. The summed E-state index contributed by atoms with van der Waals surface area (Å²) in [5, 5.41) is 13.1. The lowest BCUT2D eigenvalue weighted by molar-refractivity contribution is -0.890. The van der Waals surface area contributed by atoms with Crippen molar-refractivity contribution in [3.63, 3.8) is 0 Å². The molecule has 1 atom stereocenters. The number of hydrogen-bond acceptors (Lipinski definition) is 4. The molecular formula is C24H31ClN5OS+. The minimum Gasteiger partial charge on any atom is -0.331 e. The molecule has 8 heteroatoms. The lowest BCUT2D eigenvalue weighted by Gasteiger charge is -2.19. The number of benzene rings is 2. The Bertz CT molecular complexity index is 1060. The van der Waals surface area contributed by atoms with Crippen LogP contribution in [0.1, 0.15) is 45.1 Å². The lowest BCUT2D eigenvalue weighted by Crippen LogP contribution is -3.05. The molecule has 0 aliphatic rings. The van der Waals surface area contributed by atoms with E-state index in [0.717, 1.165) is 17.2 Å². The van der Waals surface area contributed by atoms with Gasteiger partial charge >= 0.3 is 0 Å². The highest BCUT2D eigenvalue weighted by molar-refractivity contribution is 7.99. The molecule has 0 aliphatic heterocycles. The van der Waals surface area contributed by atoms with Gasteiger partial charge in [0.15, 0.2) is 11.0 Å². The second-order valence-corrected chi connectivity index (χ2v) is 10.5. The standard InChI is InChI=1S/C24H30ClN5OS/c1-16(29(5)6)22-27-28-23(30(22)20-13-9-18(25)10-14-20)32-15-21(31)26-19-11-7-17(8-12-19)24(2,3)4/h7-14,16H,15H2,1-6H3,(H,26,31)/p+1/t16-/m1/s1. The van der Waals surface area contributed by atoms with Gasteiger partial charge in [0.1, 0.15) is 6.04 Å². The number of amides is 1. The van der Waals surface area contributed by atoms with Crippen LogP contribution < -0.4 is 10.2 Å². The Kier molecular flexibility index (Phi) is 7.64. The van der Waals surface area contributed by atoms with Gasteiger partial charge in [-0.2, -0.15) is 0 Å². The third-order valence-electron chi connectivity index (χ3n) is 5.36. The fourth-order valence-corrected chi connectivity index (χ4v) is 4.01. The van der Waals surface area contributed by atoms with Crippen LogP contribution in [0.2, 0.25) is 5.02 Å². The molecule has 1 heterocycles. The minimum absolute atomic E-state index is 0.0766. The number of rotatable bonds is 7. The highest BCUT2D eigenvalue weighted by Gasteiger charge is 2.24. The molecule has 0 radical (unpaired) electrons. The Morgan fingerprint density at radius 1 is 1.09 bits per heavy atom. The van der Waals surface area contributed by atoms with Crippen LogP contribution in [0.15, 0.2) is 53.7 Å². The van der Waals surface area contributed by atoms with Gasteiger partial charge in [-0.25, -0.2) is 0 Å². The van der Waals surface area contributed by atoms with Crippen LogP contribution in [0.25, 0.3) is 5.69 Å². The van der Waals surface area contributed by atoms with Crippen molar-refractivity contribution < 1.29 is 9.69 Å². The summed E-state index contributed by atoms with van der Waals surface area (Å²) >= 11 is 7.44. The first-order valence-corrected chi connectivity index (χ1v) is 12.0. The highest BCUT2D eigenvalue weighted by atomic mass is 35.5. The molecule has 2 N–H and O–H groups in total. The average molecular weight is 473 g/mol. The van der Waals surface area contributed by atoms with Crippen LogP contribution >= 0.6 is 23.4 Å². The summed E-state index contributed by atoms with van der Waals surface area (Å²) in [6.07, 6.45) is 0. The van der Waals surface area contributed by atoms with Gasteiger partial charge in [-0.1, -0.05) is 56.3 Å². The summed E-state index contributed by atoms with van der Waals surface area (Å²) in [6.45, 7) is 8.61. The van der Waals surface area contributed by atoms with Gasteiger partial charge in [0, 0.05) is 16.4 Å². The third kappa shape index (κ3) is 5.91. The SMILES string of the molecule is C[C@H](c1nnc(SCC(=O)Nc2ccc(C(C)(C)C)cc2)n1-c1ccc(Cl)cc1)[NH+](C)C. The van der Waals surface area contributed by atoms with E-state index in [9.17, 15) is 4.79 Å². The van der Waals surface area contributed by atoms with Crippen molar-refractivity contribution in [2.24, 2.45) is 0 Å². The predicted octanol–water partition coefficient (Wildman–Crippen LogP) is 4.15. The maximum atomic E-state index is 12.6. The quantitative estimate of drug-likeness (QED) is 0.507. The number of nitrogens with zero attached hydrogens (tertiary/aromatic N) is 3. The van der Waals surface area contributed by atoms with Crippen LogP contribution in [-0.4, -0.2) is 40.5 Å². The second kappa shape index (κ2) is 10.1. The van der Waals surface area contributed by atoms with Crippen molar-refractivity contribution in [2.75, 3.05) is 25.2 Å². The van der Waals surface area contributed by atoms with Gasteiger partial charge in [0.05, 0.1) is 19.8 Å². The van der Waals surface area contributed by atoms with Gasteiger partial charge in [0.2, 0.25) is 5.91 Å². The molecule has 170 valence electrons. The Hall–Kier alpha value is -2.35. The number of halogens is 1. The molecule has 3 rings (SSSR count). The normalized spacial score (nSPS) is 12.8. The topological polar surface area (TPSA) is 64.2 Å². The van der Waals surface area contributed by atoms with Crippen molar-refractivity contribution >= 4 is 35.0 Å². The fourth-order valence-electron chi connectivity index (χ4n) is 3.13. The monoisotopic (exact) mass is 472 g/mol. The van der Waals surface area contributed by atoms with Crippen LogP contribution in [0.4, 0.5) is 5.69 Å². The molecule has 0 saturated heterocycles. The maximum Gasteiger partial charge on any atom is 0.234 e. The Balaban J connectivity index is 1.75. The van der Waals surface area contributed by atoms with Crippen LogP contribution in [0.5, 0.6) is 0 Å². The first-order chi connectivity index (χ1) is 15.1. The smallest absolute Gasteiger partial charge is 0.234 e. The maximum absolute atomic E-state index is 12.6. The van der Waals surface area contributed by atoms with E-state index >= 15 is 0 Å². The zero-order chi connectivity index (χ0) is 23.5. The van der Waals surface area contributed by atoms with Gasteiger partial charge in [-0.05, 0) is 54.3 Å². The molecule has 0 spiro atoms. The van der Waals surface area contributed by atoms with Crippen molar-refractivity contribution in [1.82, 2.24) is 14.8 Å². The van der Waals surface area contributed by atoms with Gasteiger partial charge in [-0.3, -0.25) is 9.36 Å².